The third kappa shape index (κ3) is 4.66. The summed E-state index contributed by atoms with van der Waals surface area (Å²) >= 11 is 3.84. The molecule has 2 rings (SSSR count). The molecule has 2 nitrogen and oxygen atoms in total. The molecule has 0 N–H and O–H groups in total. The van der Waals surface area contributed by atoms with Gasteiger partial charge in [-0.25, -0.2) is 0 Å². The summed E-state index contributed by atoms with van der Waals surface area (Å²) in [6.45, 7) is 18.8. The third-order valence-electron chi connectivity index (χ3n) is 5.97. The smallest absolute Gasteiger partial charge is 0.125 e. The second kappa shape index (κ2) is 10.5. The highest BCUT2D eigenvalue weighted by molar-refractivity contribution is 9.09. The Morgan fingerprint density at radius 3 is 1.38 bits per heavy atom. The zero-order chi connectivity index (χ0) is 21.7. The zero-order valence-electron chi connectivity index (χ0n) is 19.5. The molecule has 0 saturated heterocycles. The molecule has 0 amide bonds. The van der Waals surface area contributed by atoms with Crippen molar-refractivity contribution in [3.8, 4) is 11.5 Å². The van der Waals surface area contributed by atoms with Gasteiger partial charge in [0.15, 0.2) is 0 Å². The molecule has 29 heavy (non-hydrogen) atoms. The van der Waals surface area contributed by atoms with Crippen molar-refractivity contribution >= 4 is 15.9 Å². The fourth-order valence-electron chi connectivity index (χ4n) is 4.58. The van der Waals surface area contributed by atoms with E-state index < -0.39 is 0 Å². The molecule has 0 fully saturated rings. The highest BCUT2D eigenvalue weighted by Crippen LogP contribution is 2.41. The van der Waals surface area contributed by atoms with Gasteiger partial charge in [0.2, 0.25) is 0 Å². The molecule has 2 aromatic rings. The third-order valence-corrected chi connectivity index (χ3v) is 6.62. The molecular formula is C26H37BrO2. The van der Waals surface area contributed by atoms with Crippen LogP contribution < -0.4 is 9.47 Å². The van der Waals surface area contributed by atoms with Crippen molar-refractivity contribution < 1.29 is 9.47 Å². The lowest BCUT2D eigenvalue weighted by Gasteiger charge is -2.27. The van der Waals surface area contributed by atoms with Crippen molar-refractivity contribution in [3.05, 3.63) is 56.6 Å². The van der Waals surface area contributed by atoms with Crippen molar-refractivity contribution in [1.82, 2.24) is 0 Å². The lowest BCUT2D eigenvalue weighted by atomic mass is 9.82. The average Bonchev–Trinajstić information content (AvgIpc) is 2.70. The fourth-order valence-corrected chi connectivity index (χ4v) is 5.28. The summed E-state index contributed by atoms with van der Waals surface area (Å²) in [5.41, 5.74) is 10.6. The quantitative estimate of drug-likeness (QED) is 0.363. The molecule has 0 unspecified atom stereocenters. The van der Waals surface area contributed by atoms with E-state index in [1.165, 1.54) is 44.5 Å². The maximum atomic E-state index is 6.01. The topological polar surface area (TPSA) is 18.5 Å². The highest BCUT2D eigenvalue weighted by Gasteiger charge is 2.24. The van der Waals surface area contributed by atoms with Crippen LogP contribution in [-0.4, -0.2) is 18.5 Å². The molecule has 0 saturated carbocycles. The molecule has 0 aliphatic carbocycles. The van der Waals surface area contributed by atoms with Crippen molar-refractivity contribution in [1.29, 1.82) is 0 Å². The molecule has 3 heteroatoms. The predicted octanol–water partition coefficient (Wildman–Crippen LogP) is 7.37. The Hall–Kier alpha value is -1.48. The average molecular weight is 461 g/mol. The molecule has 2 aromatic carbocycles. The molecule has 0 spiro atoms. The van der Waals surface area contributed by atoms with E-state index in [2.05, 4.69) is 83.5 Å². The van der Waals surface area contributed by atoms with Crippen LogP contribution in [0.25, 0.3) is 0 Å². The predicted molar refractivity (Wildman–Crippen MR) is 129 cm³/mol. The first-order valence-corrected chi connectivity index (χ1v) is 12.1. The first kappa shape index (κ1) is 23.8. The summed E-state index contributed by atoms with van der Waals surface area (Å²) in [5.74, 6) is 2.44. The van der Waals surface area contributed by atoms with Crippen LogP contribution in [0.15, 0.2) is 12.1 Å². The Labute approximate surface area is 186 Å². The van der Waals surface area contributed by atoms with E-state index in [0.29, 0.717) is 19.1 Å². The van der Waals surface area contributed by atoms with Gasteiger partial charge in [-0.2, -0.15) is 0 Å². The van der Waals surface area contributed by atoms with Gasteiger partial charge in [-0.3, -0.25) is 0 Å². The largest absolute Gasteiger partial charge is 0.493 e. The maximum Gasteiger partial charge on any atom is 0.125 e. The van der Waals surface area contributed by atoms with Gasteiger partial charge in [-0.1, -0.05) is 41.9 Å². The summed E-state index contributed by atoms with van der Waals surface area (Å²) in [6, 6.07) is 4.67. The van der Waals surface area contributed by atoms with E-state index >= 15 is 0 Å². The number of aryl methyl sites for hydroxylation is 2. The first-order valence-electron chi connectivity index (χ1n) is 10.9. The van der Waals surface area contributed by atoms with Gasteiger partial charge in [0.25, 0.3) is 0 Å². The van der Waals surface area contributed by atoms with Crippen LogP contribution in [0, 0.1) is 27.7 Å². The minimum Gasteiger partial charge on any atom is -0.493 e. The SMILES string of the molecule is CCOc1c(C)cc(C(CBr)c2cc(C)c(OCC)c(CC)c2C)c(C)c1CC. The van der Waals surface area contributed by atoms with Crippen molar-refractivity contribution in [3.63, 3.8) is 0 Å². The molecule has 0 aromatic heterocycles. The van der Waals surface area contributed by atoms with Crippen molar-refractivity contribution in [2.75, 3.05) is 18.5 Å². The Bertz CT molecular complexity index is 785. The summed E-state index contributed by atoms with van der Waals surface area (Å²) in [4.78, 5) is 0. The van der Waals surface area contributed by atoms with E-state index in [4.69, 9.17) is 9.47 Å². The first-order chi connectivity index (χ1) is 13.9. The summed E-state index contributed by atoms with van der Waals surface area (Å²) in [5, 5.41) is 0.891. The summed E-state index contributed by atoms with van der Waals surface area (Å²) in [6.07, 6.45) is 1.96. The second-order valence-corrected chi connectivity index (χ2v) is 8.36. The summed E-state index contributed by atoms with van der Waals surface area (Å²) in [7, 11) is 0. The van der Waals surface area contributed by atoms with Crippen molar-refractivity contribution in [2.45, 2.75) is 74.1 Å². The Balaban J connectivity index is 2.72. The Kier molecular flexibility index (Phi) is 8.63. The Morgan fingerprint density at radius 1 is 0.724 bits per heavy atom. The molecule has 0 bridgehead atoms. The van der Waals surface area contributed by atoms with E-state index in [1.54, 1.807) is 0 Å². The van der Waals surface area contributed by atoms with Gasteiger partial charge in [0.05, 0.1) is 13.2 Å². The lowest BCUT2D eigenvalue weighted by Crippen LogP contribution is -2.13. The standard InChI is InChI=1S/C26H37BrO2/c1-9-20-18(7)22(13-16(5)25(20)28-11-3)24(15-27)23-14-17(6)26(29-12-4)21(10-2)19(23)8/h13-14,24H,9-12,15H2,1-8H3. The molecule has 0 radical (unpaired) electrons. The van der Waals surface area contributed by atoms with Crippen LogP contribution in [0.2, 0.25) is 0 Å². The van der Waals surface area contributed by atoms with E-state index in [0.717, 1.165) is 29.7 Å². The molecule has 0 heterocycles. The minimum absolute atomic E-state index is 0.300. The van der Waals surface area contributed by atoms with Crippen LogP contribution in [0.1, 0.15) is 78.1 Å². The molecule has 0 atom stereocenters. The van der Waals surface area contributed by atoms with Gasteiger partial charge in [-0.05, 0) is 98.9 Å². The summed E-state index contributed by atoms with van der Waals surface area (Å²) < 4.78 is 12.0. The fraction of sp³-hybridized carbons (Fsp3) is 0.538. The van der Waals surface area contributed by atoms with Crippen molar-refractivity contribution in [2.24, 2.45) is 0 Å². The molecule has 0 aliphatic rings. The van der Waals surface area contributed by atoms with Crippen LogP contribution >= 0.6 is 15.9 Å². The molecule has 0 aliphatic heterocycles. The monoisotopic (exact) mass is 460 g/mol. The van der Waals surface area contributed by atoms with Crippen LogP contribution in [0.4, 0.5) is 0 Å². The number of hydrogen-bond acceptors (Lipinski definition) is 2. The van der Waals surface area contributed by atoms with E-state index in [-0.39, 0.29) is 0 Å². The van der Waals surface area contributed by atoms with Crippen LogP contribution in [-0.2, 0) is 12.8 Å². The maximum absolute atomic E-state index is 6.01. The number of ether oxygens (including phenoxy) is 2. The normalized spacial score (nSPS) is 11.2. The number of alkyl halides is 1. The number of halogens is 1. The molecule has 160 valence electrons. The van der Waals surface area contributed by atoms with Crippen LogP contribution in [0.3, 0.4) is 0 Å². The number of benzene rings is 2. The van der Waals surface area contributed by atoms with Gasteiger partial charge < -0.3 is 9.47 Å². The Morgan fingerprint density at radius 2 is 1.10 bits per heavy atom. The van der Waals surface area contributed by atoms with E-state index in [9.17, 15) is 0 Å². The van der Waals surface area contributed by atoms with E-state index in [1.807, 2.05) is 0 Å². The van der Waals surface area contributed by atoms with Gasteiger partial charge in [0.1, 0.15) is 11.5 Å². The van der Waals surface area contributed by atoms with Gasteiger partial charge in [-0.15, -0.1) is 0 Å². The second-order valence-electron chi connectivity index (χ2n) is 7.71. The highest BCUT2D eigenvalue weighted by atomic mass is 79.9. The van der Waals surface area contributed by atoms with Crippen LogP contribution in [0.5, 0.6) is 11.5 Å². The lowest BCUT2D eigenvalue weighted by molar-refractivity contribution is 0.334. The van der Waals surface area contributed by atoms with Gasteiger partial charge >= 0.3 is 0 Å². The van der Waals surface area contributed by atoms with Gasteiger partial charge in [0, 0.05) is 11.2 Å². The number of hydrogen-bond donors (Lipinski definition) is 0. The zero-order valence-corrected chi connectivity index (χ0v) is 21.0. The molecular weight excluding hydrogens is 424 g/mol. The minimum atomic E-state index is 0.300. The number of rotatable bonds is 9.